The first-order valence-electron chi connectivity index (χ1n) is 5.63. The van der Waals surface area contributed by atoms with Crippen LogP contribution in [0.25, 0.3) is 0 Å². The zero-order valence-electron chi connectivity index (χ0n) is 10.4. The van der Waals surface area contributed by atoms with Crippen LogP contribution in [-0.2, 0) is 19.8 Å². The topological polar surface area (TPSA) is 35.5 Å². The summed E-state index contributed by atoms with van der Waals surface area (Å²) >= 11 is 3.43. The van der Waals surface area contributed by atoms with Crippen LogP contribution in [-0.4, -0.2) is 13.2 Å². The average molecular weight is 321 g/mol. The Balaban J connectivity index is 2.89. The van der Waals surface area contributed by atoms with Crippen molar-refractivity contribution in [2.24, 2.45) is 0 Å². The van der Waals surface area contributed by atoms with Crippen molar-refractivity contribution in [1.82, 2.24) is 0 Å². The molecule has 0 atom stereocenters. The first kappa shape index (κ1) is 14.9. The molecule has 0 radical (unpaired) electrons. The molecule has 0 saturated carbocycles. The molecule has 0 heterocycles. The summed E-state index contributed by atoms with van der Waals surface area (Å²) < 4.78 is 23.9. The van der Waals surface area contributed by atoms with Gasteiger partial charge in [0.25, 0.3) is 0 Å². The van der Waals surface area contributed by atoms with Crippen molar-refractivity contribution in [1.29, 1.82) is 0 Å². The van der Waals surface area contributed by atoms with Crippen molar-refractivity contribution in [3.05, 3.63) is 33.8 Å². The highest BCUT2D eigenvalue weighted by atomic mass is 79.9. The van der Waals surface area contributed by atoms with Crippen LogP contribution in [0, 0.1) is 6.92 Å². The van der Waals surface area contributed by atoms with Crippen LogP contribution in [0.3, 0.4) is 0 Å². The summed E-state index contributed by atoms with van der Waals surface area (Å²) in [7, 11) is -3.00. The van der Waals surface area contributed by atoms with Gasteiger partial charge in [-0.3, -0.25) is 4.57 Å². The molecule has 0 aliphatic heterocycles. The summed E-state index contributed by atoms with van der Waals surface area (Å²) in [6.07, 6.45) is 0.314. The van der Waals surface area contributed by atoms with E-state index in [1.807, 2.05) is 39.0 Å². The molecule has 0 N–H and O–H groups in total. The van der Waals surface area contributed by atoms with Gasteiger partial charge in [-0.1, -0.05) is 22.0 Å². The summed E-state index contributed by atoms with van der Waals surface area (Å²) in [6.45, 7) is 6.42. The lowest BCUT2D eigenvalue weighted by Crippen LogP contribution is -1.99. The zero-order valence-corrected chi connectivity index (χ0v) is 12.9. The van der Waals surface area contributed by atoms with Gasteiger partial charge in [0.05, 0.1) is 19.4 Å². The molecule has 0 saturated heterocycles. The van der Waals surface area contributed by atoms with E-state index in [0.29, 0.717) is 19.4 Å². The first-order chi connectivity index (χ1) is 7.99. The van der Waals surface area contributed by atoms with Gasteiger partial charge in [-0.25, -0.2) is 0 Å². The zero-order chi connectivity index (χ0) is 12.9. The SMILES string of the molecule is CCOP(=O)(Cc1cc(C)cc(Br)c1)OCC. The van der Waals surface area contributed by atoms with Crippen molar-refractivity contribution in [3.63, 3.8) is 0 Å². The van der Waals surface area contributed by atoms with Crippen molar-refractivity contribution in [3.8, 4) is 0 Å². The van der Waals surface area contributed by atoms with E-state index in [-0.39, 0.29) is 0 Å². The van der Waals surface area contributed by atoms with Crippen LogP contribution in [0.2, 0.25) is 0 Å². The smallest absolute Gasteiger partial charge is 0.309 e. The minimum Gasteiger partial charge on any atom is -0.309 e. The quantitative estimate of drug-likeness (QED) is 0.723. The third-order valence-corrected chi connectivity index (χ3v) is 4.64. The molecule has 0 aliphatic carbocycles. The van der Waals surface area contributed by atoms with Crippen LogP contribution >= 0.6 is 23.5 Å². The van der Waals surface area contributed by atoms with Gasteiger partial charge < -0.3 is 9.05 Å². The van der Waals surface area contributed by atoms with E-state index in [2.05, 4.69) is 15.9 Å². The van der Waals surface area contributed by atoms with Crippen LogP contribution in [0.1, 0.15) is 25.0 Å². The molecule has 1 aromatic carbocycles. The number of hydrogen-bond acceptors (Lipinski definition) is 3. The Bertz CT molecular complexity index is 390. The molecular weight excluding hydrogens is 303 g/mol. The van der Waals surface area contributed by atoms with E-state index in [1.165, 1.54) is 0 Å². The van der Waals surface area contributed by atoms with E-state index >= 15 is 0 Å². The van der Waals surface area contributed by atoms with Gasteiger partial charge in [0.2, 0.25) is 0 Å². The molecule has 96 valence electrons. The molecule has 1 aromatic rings. The second-order valence-corrected chi connectivity index (χ2v) is 6.71. The fourth-order valence-corrected chi connectivity index (χ4v) is 3.98. The summed E-state index contributed by atoms with van der Waals surface area (Å²) in [5, 5.41) is 0. The summed E-state index contributed by atoms with van der Waals surface area (Å²) in [4.78, 5) is 0. The number of benzene rings is 1. The normalized spacial score (nSPS) is 11.8. The molecule has 1 rings (SSSR count). The van der Waals surface area contributed by atoms with Gasteiger partial charge in [-0.05, 0) is 44.0 Å². The third kappa shape index (κ3) is 4.92. The molecule has 0 amide bonds. The van der Waals surface area contributed by atoms with E-state index in [0.717, 1.165) is 15.6 Å². The molecular formula is C12H18BrO3P. The molecule has 0 bridgehead atoms. The molecule has 0 aromatic heterocycles. The van der Waals surface area contributed by atoms with E-state index in [1.54, 1.807) is 0 Å². The van der Waals surface area contributed by atoms with Gasteiger partial charge in [-0.2, -0.15) is 0 Å². The molecule has 3 nitrogen and oxygen atoms in total. The van der Waals surface area contributed by atoms with Crippen molar-refractivity contribution in [2.75, 3.05) is 13.2 Å². The van der Waals surface area contributed by atoms with Crippen LogP contribution in [0.15, 0.2) is 22.7 Å². The van der Waals surface area contributed by atoms with Crippen molar-refractivity contribution in [2.45, 2.75) is 26.9 Å². The molecule has 5 heteroatoms. The maximum absolute atomic E-state index is 12.3. The van der Waals surface area contributed by atoms with Gasteiger partial charge in [0.1, 0.15) is 0 Å². The Kier molecular flexibility index (Phi) is 5.87. The van der Waals surface area contributed by atoms with Crippen molar-refractivity contribution >= 4 is 23.5 Å². The van der Waals surface area contributed by atoms with E-state index < -0.39 is 7.60 Å². The van der Waals surface area contributed by atoms with Gasteiger partial charge >= 0.3 is 7.60 Å². The second kappa shape index (κ2) is 6.69. The summed E-state index contributed by atoms with van der Waals surface area (Å²) in [5.74, 6) is 0. The molecule has 0 spiro atoms. The standard InChI is InChI=1S/C12H18BrO3P/c1-4-15-17(14,16-5-2)9-11-6-10(3)7-12(13)8-11/h6-8H,4-5,9H2,1-3H3. The van der Waals surface area contributed by atoms with Crippen molar-refractivity contribution < 1.29 is 13.6 Å². The summed E-state index contributed by atoms with van der Waals surface area (Å²) in [6, 6.07) is 5.95. The minimum absolute atomic E-state index is 0.314. The van der Waals surface area contributed by atoms with E-state index in [4.69, 9.17) is 9.05 Å². The molecule has 17 heavy (non-hydrogen) atoms. The lowest BCUT2D eigenvalue weighted by atomic mass is 10.2. The number of halogens is 1. The predicted molar refractivity (Wildman–Crippen MR) is 73.4 cm³/mol. The van der Waals surface area contributed by atoms with Gasteiger partial charge in [-0.15, -0.1) is 0 Å². The molecule has 0 aliphatic rings. The van der Waals surface area contributed by atoms with E-state index in [9.17, 15) is 4.57 Å². The first-order valence-corrected chi connectivity index (χ1v) is 8.15. The molecule has 0 unspecified atom stereocenters. The van der Waals surface area contributed by atoms with Crippen LogP contribution in [0.4, 0.5) is 0 Å². The highest BCUT2D eigenvalue weighted by Gasteiger charge is 2.24. The van der Waals surface area contributed by atoms with Gasteiger partial charge in [0, 0.05) is 4.47 Å². The maximum atomic E-state index is 12.3. The fourth-order valence-electron chi connectivity index (χ4n) is 1.65. The monoisotopic (exact) mass is 320 g/mol. The highest BCUT2D eigenvalue weighted by molar-refractivity contribution is 9.10. The number of hydrogen-bond donors (Lipinski definition) is 0. The Morgan fingerprint density at radius 1 is 1.18 bits per heavy atom. The minimum atomic E-state index is -3.00. The Labute approximate surface area is 111 Å². The number of aryl methyl sites for hydroxylation is 1. The Morgan fingerprint density at radius 3 is 2.24 bits per heavy atom. The maximum Gasteiger partial charge on any atom is 0.335 e. The fraction of sp³-hybridized carbons (Fsp3) is 0.500. The van der Waals surface area contributed by atoms with Gasteiger partial charge in [0.15, 0.2) is 0 Å². The van der Waals surface area contributed by atoms with Crippen LogP contribution < -0.4 is 0 Å². The summed E-state index contributed by atoms with van der Waals surface area (Å²) in [5.41, 5.74) is 2.08. The average Bonchev–Trinajstić information content (AvgIpc) is 2.15. The molecule has 0 fully saturated rings. The second-order valence-electron chi connectivity index (χ2n) is 3.74. The highest BCUT2D eigenvalue weighted by Crippen LogP contribution is 2.51. The van der Waals surface area contributed by atoms with Crippen LogP contribution in [0.5, 0.6) is 0 Å². The largest absolute Gasteiger partial charge is 0.335 e. The number of rotatable bonds is 6. The predicted octanol–water partition coefficient (Wildman–Crippen LogP) is 4.52. The third-order valence-electron chi connectivity index (χ3n) is 2.13. The lowest BCUT2D eigenvalue weighted by Gasteiger charge is -2.17. The Morgan fingerprint density at radius 2 is 1.76 bits per heavy atom. The Hall–Kier alpha value is -0.150. The lowest BCUT2D eigenvalue weighted by molar-refractivity contribution is 0.219.